The van der Waals surface area contributed by atoms with Crippen molar-refractivity contribution in [2.45, 2.75) is 12.8 Å². The summed E-state index contributed by atoms with van der Waals surface area (Å²) in [5, 5.41) is 12.0. The van der Waals surface area contributed by atoms with Gasteiger partial charge in [0, 0.05) is 25.7 Å². The average molecular weight is 492 g/mol. The van der Waals surface area contributed by atoms with Crippen LogP contribution >= 0.6 is 11.6 Å². The predicted octanol–water partition coefficient (Wildman–Crippen LogP) is 4.14. The molecule has 0 aliphatic heterocycles. The summed E-state index contributed by atoms with van der Waals surface area (Å²) < 4.78 is 43.4. The van der Waals surface area contributed by atoms with Crippen molar-refractivity contribution in [2.75, 3.05) is 12.4 Å². The number of nitrogens with one attached hydrogen (secondary N) is 1. The molecule has 4 aromatic heterocycles. The molecule has 0 aliphatic rings. The molecule has 0 saturated heterocycles. The van der Waals surface area contributed by atoms with Gasteiger partial charge in [-0.25, -0.2) is 29.7 Å². The Kier molecular flexibility index (Phi) is 6.22. The highest BCUT2D eigenvalue weighted by Crippen LogP contribution is 2.30. The molecule has 0 amide bonds. The number of carbonyl (C=O) groups is 1. The van der Waals surface area contributed by atoms with Crippen molar-refractivity contribution in [2.24, 2.45) is 0 Å². The molecule has 0 fully saturated rings. The first-order valence-electron chi connectivity index (χ1n) is 9.37. The molecule has 0 aliphatic carbocycles. The van der Waals surface area contributed by atoms with E-state index in [1.807, 2.05) is 0 Å². The number of pyridine rings is 2. The van der Waals surface area contributed by atoms with Crippen LogP contribution in [0.3, 0.4) is 0 Å². The van der Waals surface area contributed by atoms with Gasteiger partial charge in [0.2, 0.25) is 5.95 Å². The van der Waals surface area contributed by atoms with Crippen molar-refractivity contribution in [3.05, 3.63) is 58.8 Å². The van der Waals surface area contributed by atoms with Crippen LogP contribution in [0.15, 0.2) is 36.9 Å². The van der Waals surface area contributed by atoms with Crippen molar-refractivity contribution in [1.29, 1.82) is 0 Å². The third-order valence-corrected chi connectivity index (χ3v) is 4.71. The molecule has 0 aromatic carbocycles. The minimum Gasteiger partial charge on any atom is -0.478 e. The number of carboxylic acid groups (broad SMARTS) is 1. The van der Waals surface area contributed by atoms with Gasteiger partial charge >= 0.3 is 12.1 Å². The topological polar surface area (TPSA) is 136 Å². The van der Waals surface area contributed by atoms with E-state index in [9.17, 15) is 18.0 Å². The molecule has 0 spiro atoms. The van der Waals surface area contributed by atoms with E-state index in [0.29, 0.717) is 23.8 Å². The summed E-state index contributed by atoms with van der Waals surface area (Å²) in [7, 11) is 1.47. The third kappa shape index (κ3) is 4.84. The Morgan fingerprint density at radius 1 is 1.09 bits per heavy atom. The van der Waals surface area contributed by atoms with Crippen LogP contribution in [-0.4, -0.2) is 48.1 Å². The molecule has 14 heteroatoms. The number of rotatable bonds is 6. The maximum Gasteiger partial charge on any atom is 0.419 e. The summed E-state index contributed by atoms with van der Waals surface area (Å²) in [6.45, 7) is 0.108. The molecule has 0 unspecified atom stereocenters. The standard InChI is InChI=1S/C20H13ClF3N7O3/c1-34-8-11-3-13(31-19-27-5-10(6-28-19)20(22,23)24)16-17(29-11)30-14(7-26-16)15-12(21)2-9(4-25-15)18(32)33/h2-7H,8H2,1H3,(H,32,33)(H,27,28,29,30,31). The second-order valence-electron chi connectivity index (χ2n) is 6.80. The van der Waals surface area contributed by atoms with Crippen LogP contribution < -0.4 is 5.32 Å². The molecule has 174 valence electrons. The SMILES string of the molecule is COCc1cc(Nc2ncc(C(F)(F)F)cn2)c2ncc(-c3ncc(C(=O)O)cc3Cl)nc2n1. The minimum atomic E-state index is -4.56. The first-order valence-corrected chi connectivity index (χ1v) is 9.74. The zero-order valence-corrected chi connectivity index (χ0v) is 17.9. The molecule has 2 N–H and O–H groups in total. The van der Waals surface area contributed by atoms with Gasteiger partial charge in [0.25, 0.3) is 0 Å². The van der Waals surface area contributed by atoms with E-state index in [2.05, 4.69) is 35.2 Å². The van der Waals surface area contributed by atoms with Crippen LogP contribution in [0.1, 0.15) is 21.6 Å². The summed E-state index contributed by atoms with van der Waals surface area (Å²) >= 11 is 6.18. The molecule has 4 heterocycles. The van der Waals surface area contributed by atoms with Crippen LogP contribution in [0.25, 0.3) is 22.6 Å². The number of nitrogens with zero attached hydrogens (tertiary/aromatic N) is 6. The minimum absolute atomic E-state index is 0.0538. The van der Waals surface area contributed by atoms with E-state index in [1.165, 1.54) is 19.4 Å². The van der Waals surface area contributed by atoms with Gasteiger partial charge in [-0.2, -0.15) is 13.2 Å². The van der Waals surface area contributed by atoms with E-state index in [0.717, 1.165) is 6.20 Å². The average Bonchev–Trinajstić information content (AvgIpc) is 2.78. The van der Waals surface area contributed by atoms with Gasteiger partial charge in [0.05, 0.1) is 40.3 Å². The fraction of sp³-hybridized carbons (Fsp3) is 0.150. The molecule has 0 atom stereocenters. The number of hydrogen-bond donors (Lipinski definition) is 2. The fourth-order valence-electron chi connectivity index (χ4n) is 2.88. The normalized spacial score (nSPS) is 11.6. The number of carboxylic acids is 1. The smallest absolute Gasteiger partial charge is 0.419 e. The van der Waals surface area contributed by atoms with Gasteiger partial charge in [0.1, 0.15) is 16.9 Å². The zero-order valence-electron chi connectivity index (χ0n) is 17.1. The number of aromatic nitrogens is 6. The maximum absolute atomic E-state index is 12.8. The van der Waals surface area contributed by atoms with E-state index in [4.69, 9.17) is 21.4 Å². The van der Waals surface area contributed by atoms with Crippen molar-refractivity contribution in [3.8, 4) is 11.4 Å². The maximum atomic E-state index is 12.8. The second-order valence-corrected chi connectivity index (χ2v) is 7.21. The molecule has 4 rings (SSSR count). The zero-order chi connectivity index (χ0) is 24.5. The number of anilines is 2. The lowest BCUT2D eigenvalue weighted by molar-refractivity contribution is -0.138. The number of methoxy groups -OCH3 is 1. The number of alkyl halides is 3. The Balaban J connectivity index is 1.75. The monoisotopic (exact) mass is 491 g/mol. The van der Waals surface area contributed by atoms with Crippen molar-refractivity contribution < 1.29 is 27.8 Å². The molecular formula is C20H13ClF3N7O3. The van der Waals surface area contributed by atoms with Crippen LogP contribution in [0.4, 0.5) is 24.8 Å². The summed E-state index contributed by atoms with van der Waals surface area (Å²) in [5.74, 6) is -1.28. The molecule has 0 bridgehead atoms. The van der Waals surface area contributed by atoms with E-state index < -0.39 is 17.7 Å². The van der Waals surface area contributed by atoms with Crippen molar-refractivity contribution in [3.63, 3.8) is 0 Å². The second kappa shape index (κ2) is 9.11. The Hall–Kier alpha value is -3.97. The quantitative estimate of drug-likeness (QED) is 0.405. The van der Waals surface area contributed by atoms with E-state index in [-0.39, 0.29) is 45.7 Å². The lowest BCUT2D eigenvalue weighted by atomic mass is 10.2. The highest BCUT2D eigenvalue weighted by molar-refractivity contribution is 6.33. The predicted molar refractivity (Wildman–Crippen MR) is 114 cm³/mol. The Bertz CT molecular complexity index is 1380. The van der Waals surface area contributed by atoms with E-state index in [1.54, 1.807) is 6.07 Å². The molecule has 0 radical (unpaired) electrons. The summed E-state index contributed by atoms with van der Waals surface area (Å²) in [4.78, 5) is 35.7. The summed E-state index contributed by atoms with van der Waals surface area (Å²) in [5.41, 5.74) is 0.541. The van der Waals surface area contributed by atoms with Crippen LogP contribution in [0.2, 0.25) is 5.02 Å². The lowest BCUT2D eigenvalue weighted by Crippen LogP contribution is -2.08. The van der Waals surface area contributed by atoms with Gasteiger partial charge in [-0.05, 0) is 12.1 Å². The van der Waals surface area contributed by atoms with Gasteiger partial charge in [0.15, 0.2) is 5.65 Å². The van der Waals surface area contributed by atoms with Gasteiger partial charge in [-0.1, -0.05) is 11.6 Å². The third-order valence-electron chi connectivity index (χ3n) is 4.42. The first kappa shape index (κ1) is 23.2. The molecule has 34 heavy (non-hydrogen) atoms. The van der Waals surface area contributed by atoms with Crippen molar-refractivity contribution >= 4 is 40.4 Å². The Morgan fingerprint density at radius 3 is 2.44 bits per heavy atom. The van der Waals surface area contributed by atoms with Crippen molar-refractivity contribution in [1.82, 2.24) is 29.9 Å². The largest absolute Gasteiger partial charge is 0.478 e. The van der Waals surface area contributed by atoms with Gasteiger partial charge in [-0.3, -0.25) is 4.98 Å². The van der Waals surface area contributed by atoms with Gasteiger partial charge < -0.3 is 15.2 Å². The number of fused-ring (bicyclic) bond motifs is 1. The number of aromatic carboxylic acids is 1. The highest BCUT2D eigenvalue weighted by Gasteiger charge is 2.31. The number of ether oxygens (including phenoxy) is 1. The highest BCUT2D eigenvalue weighted by atomic mass is 35.5. The molecular weight excluding hydrogens is 479 g/mol. The van der Waals surface area contributed by atoms with Crippen LogP contribution in [-0.2, 0) is 17.5 Å². The molecule has 0 saturated carbocycles. The number of halogens is 4. The summed E-state index contributed by atoms with van der Waals surface area (Å²) in [6.07, 6.45) is -0.750. The fourth-order valence-corrected chi connectivity index (χ4v) is 3.15. The summed E-state index contributed by atoms with van der Waals surface area (Å²) in [6, 6.07) is 2.82. The molecule has 10 nitrogen and oxygen atoms in total. The Labute approximate surface area is 193 Å². The van der Waals surface area contributed by atoms with Crippen LogP contribution in [0, 0.1) is 0 Å². The Morgan fingerprint density at radius 2 is 1.82 bits per heavy atom. The van der Waals surface area contributed by atoms with Crippen LogP contribution in [0.5, 0.6) is 0 Å². The number of hydrogen-bond acceptors (Lipinski definition) is 9. The first-order chi connectivity index (χ1) is 16.2. The molecule has 4 aromatic rings. The van der Waals surface area contributed by atoms with E-state index >= 15 is 0 Å². The lowest BCUT2D eigenvalue weighted by Gasteiger charge is -2.11. The van der Waals surface area contributed by atoms with Gasteiger partial charge in [-0.15, -0.1) is 0 Å².